The minimum absolute atomic E-state index is 0.142. The maximum atomic E-state index is 10.8. The first-order valence-corrected chi connectivity index (χ1v) is 5.19. The Morgan fingerprint density at radius 3 is 2.74 bits per heavy atom. The van der Waals surface area contributed by atoms with Gasteiger partial charge in [0, 0.05) is 11.8 Å². The normalized spacial score (nSPS) is 10.2. The number of ether oxygens (including phenoxy) is 1. The highest BCUT2D eigenvalue weighted by atomic mass is 16.6. The van der Waals surface area contributed by atoms with Gasteiger partial charge in [0.25, 0.3) is 5.69 Å². The minimum atomic E-state index is -1.37. The van der Waals surface area contributed by atoms with Gasteiger partial charge in [0.2, 0.25) is 5.88 Å². The van der Waals surface area contributed by atoms with Gasteiger partial charge in [-0.05, 0) is 19.1 Å². The van der Waals surface area contributed by atoms with Crippen LogP contribution < -0.4 is 4.74 Å². The summed E-state index contributed by atoms with van der Waals surface area (Å²) in [5.74, 6) is -0.980. The van der Waals surface area contributed by atoms with E-state index in [0.29, 0.717) is 0 Å². The lowest BCUT2D eigenvalue weighted by molar-refractivity contribution is -0.385. The minimum Gasteiger partial charge on any atom is -0.477 e. The molecule has 0 aliphatic carbocycles. The van der Waals surface area contributed by atoms with Gasteiger partial charge in [-0.1, -0.05) is 0 Å². The number of hydrogen-bond donors (Lipinski definition) is 2. The molecule has 0 bridgehead atoms. The smallest absolute Gasteiger partial charge is 0.342 e. The molecule has 0 unspecified atom stereocenters. The molecule has 0 amide bonds. The predicted octanol–water partition coefficient (Wildman–Crippen LogP) is 2.12. The average Bonchev–Trinajstić information content (AvgIpc) is 2.74. The van der Waals surface area contributed by atoms with Crippen LogP contribution in [0.4, 0.5) is 5.69 Å². The van der Waals surface area contributed by atoms with E-state index in [1.807, 2.05) is 0 Å². The third-order valence-electron chi connectivity index (χ3n) is 2.30. The number of nitrogens with one attached hydrogen (secondary N) is 1. The molecule has 8 heteroatoms. The summed E-state index contributed by atoms with van der Waals surface area (Å²) in [6, 6.07) is 5.11. The number of hydrogen-bond acceptors (Lipinski definition) is 5. The number of aromatic nitrogens is 2. The van der Waals surface area contributed by atoms with Gasteiger partial charge in [0.15, 0.2) is 0 Å². The molecule has 98 valence electrons. The summed E-state index contributed by atoms with van der Waals surface area (Å²) in [5, 5.41) is 26.1. The number of aromatic carboxylic acids is 1. The zero-order chi connectivity index (χ0) is 14.0. The molecule has 2 N–H and O–H groups in total. The number of aryl methyl sites for hydroxylation is 1. The first kappa shape index (κ1) is 12.6. The number of nitro benzene ring substituents is 1. The predicted molar refractivity (Wildman–Crippen MR) is 63.5 cm³/mol. The molecule has 0 radical (unpaired) electrons. The summed E-state index contributed by atoms with van der Waals surface area (Å²) in [5.41, 5.74) is -0.153. The Hall–Kier alpha value is -2.90. The molecule has 0 fully saturated rings. The van der Waals surface area contributed by atoms with E-state index in [1.165, 1.54) is 6.07 Å². The molecule has 2 aromatic rings. The Labute approximate surface area is 106 Å². The second-order valence-electron chi connectivity index (χ2n) is 3.73. The number of carboxylic acids is 1. The lowest BCUT2D eigenvalue weighted by Crippen LogP contribution is -2.02. The van der Waals surface area contributed by atoms with Crippen LogP contribution in [-0.4, -0.2) is 26.2 Å². The maximum absolute atomic E-state index is 10.8. The maximum Gasteiger partial charge on any atom is 0.342 e. The number of H-pyrrole nitrogens is 1. The van der Waals surface area contributed by atoms with Crippen LogP contribution in [0.5, 0.6) is 11.6 Å². The van der Waals surface area contributed by atoms with Crippen molar-refractivity contribution in [3.8, 4) is 11.6 Å². The summed E-state index contributed by atoms with van der Waals surface area (Å²) in [6.45, 7) is 1.77. The van der Waals surface area contributed by atoms with E-state index in [9.17, 15) is 14.9 Å². The van der Waals surface area contributed by atoms with Crippen LogP contribution >= 0.6 is 0 Å². The lowest BCUT2D eigenvalue weighted by atomic mass is 10.2. The molecular formula is C11H9N3O5. The van der Waals surface area contributed by atoms with Crippen LogP contribution in [0.15, 0.2) is 24.3 Å². The second-order valence-corrected chi connectivity index (χ2v) is 3.73. The van der Waals surface area contributed by atoms with Crippen LogP contribution in [0.3, 0.4) is 0 Å². The summed E-state index contributed by atoms with van der Waals surface area (Å²) in [6.07, 6.45) is 0. The molecule has 0 aliphatic heterocycles. The molecule has 0 atom stereocenters. The van der Waals surface area contributed by atoms with Crippen molar-refractivity contribution < 1.29 is 19.6 Å². The highest BCUT2D eigenvalue weighted by molar-refractivity contribution is 5.92. The fourth-order valence-corrected chi connectivity index (χ4v) is 1.47. The molecular weight excluding hydrogens is 254 g/mol. The number of aromatic amines is 1. The fraction of sp³-hybridized carbons (Fsp3) is 0.0909. The third-order valence-corrected chi connectivity index (χ3v) is 2.30. The molecule has 0 saturated carbocycles. The van der Waals surface area contributed by atoms with Crippen molar-refractivity contribution >= 4 is 11.7 Å². The third kappa shape index (κ3) is 2.68. The summed E-state index contributed by atoms with van der Waals surface area (Å²) < 4.78 is 5.29. The molecule has 1 heterocycles. The van der Waals surface area contributed by atoms with Crippen LogP contribution in [0.25, 0.3) is 0 Å². The molecule has 1 aromatic carbocycles. The molecule has 2 rings (SSSR count). The summed E-state index contributed by atoms with van der Waals surface area (Å²) >= 11 is 0. The van der Waals surface area contributed by atoms with E-state index in [2.05, 4.69) is 10.2 Å². The van der Waals surface area contributed by atoms with Crippen LogP contribution in [0.1, 0.15) is 16.1 Å². The lowest BCUT2D eigenvalue weighted by Gasteiger charge is -2.03. The SMILES string of the molecule is Cc1cc(Oc2ccc(C(=O)O)c([N+](=O)[O-])c2)n[nH]1. The van der Waals surface area contributed by atoms with Gasteiger partial charge >= 0.3 is 5.97 Å². The fourth-order valence-electron chi connectivity index (χ4n) is 1.47. The van der Waals surface area contributed by atoms with Crippen molar-refractivity contribution in [3.63, 3.8) is 0 Å². The zero-order valence-electron chi connectivity index (χ0n) is 9.78. The molecule has 19 heavy (non-hydrogen) atoms. The van der Waals surface area contributed by atoms with E-state index in [-0.39, 0.29) is 11.6 Å². The summed E-state index contributed by atoms with van der Waals surface area (Å²) in [4.78, 5) is 20.9. The van der Waals surface area contributed by atoms with Gasteiger partial charge in [-0.3, -0.25) is 15.2 Å². The van der Waals surface area contributed by atoms with Gasteiger partial charge in [-0.25, -0.2) is 4.79 Å². The first-order chi connectivity index (χ1) is 8.97. The molecule has 0 saturated heterocycles. The Bertz CT molecular complexity index is 650. The van der Waals surface area contributed by atoms with Crippen LogP contribution in [-0.2, 0) is 0 Å². The number of rotatable bonds is 4. The topological polar surface area (TPSA) is 118 Å². The van der Waals surface area contributed by atoms with E-state index in [1.54, 1.807) is 13.0 Å². The molecule has 1 aromatic heterocycles. The van der Waals surface area contributed by atoms with Crippen molar-refractivity contribution in [2.24, 2.45) is 0 Å². The Balaban J connectivity index is 2.35. The molecule has 0 aliphatic rings. The first-order valence-electron chi connectivity index (χ1n) is 5.19. The number of nitro groups is 1. The highest BCUT2D eigenvalue weighted by Gasteiger charge is 2.20. The van der Waals surface area contributed by atoms with Crippen molar-refractivity contribution in [2.75, 3.05) is 0 Å². The van der Waals surface area contributed by atoms with Gasteiger partial charge in [0.1, 0.15) is 11.3 Å². The number of carboxylic acid groups (broad SMARTS) is 1. The van der Waals surface area contributed by atoms with E-state index in [4.69, 9.17) is 9.84 Å². The van der Waals surface area contributed by atoms with Crippen molar-refractivity contribution in [1.29, 1.82) is 0 Å². The van der Waals surface area contributed by atoms with Crippen molar-refractivity contribution in [2.45, 2.75) is 6.92 Å². The van der Waals surface area contributed by atoms with Crippen LogP contribution in [0.2, 0.25) is 0 Å². The van der Waals surface area contributed by atoms with Crippen LogP contribution in [0, 0.1) is 17.0 Å². The zero-order valence-corrected chi connectivity index (χ0v) is 9.78. The van der Waals surface area contributed by atoms with Gasteiger partial charge in [0.05, 0.1) is 11.0 Å². The highest BCUT2D eigenvalue weighted by Crippen LogP contribution is 2.27. The van der Waals surface area contributed by atoms with Gasteiger partial charge in [-0.2, -0.15) is 0 Å². The number of carbonyl (C=O) groups is 1. The van der Waals surface area contributed by atoms with E-state index in [0.717, 1.165) is 17.8 Å². The Morgan fingerprint density at radius 2 is 2.21 bits per heavy atom. The monoisotopic (exact) mass is 263 g/mol. The quantitative estimate of drug-likeness (QED) is 0.644. The second kappa shape index (κ2) is 4.77. The van der Waals surface area contributed by atoms with E-state index < -0.39 is 22.1 Å². The summed E-state index contributed by atoms with van der Waals surface area (Å²) in [7, 11) is 0. The number of nitrogens with zero attached hydrogens (tertiary/aromatic N) is 2. The Kier molecular flexibility index (Phi) is 3.15. The average molecular weight is 263 g/mol. The van der Waals surface area contributed by atoms with Gasteiger partial charge in [-0.15, -0.1) is 5.10 Å². The molecule has 0 spiro atoms. The van der Waals surface area contributed by atoms with E-state index >= 15 is 0 Å². The number of benzene rings is 1. The van der Waals surface area contributed by atoms with Gasteiger partial charge < -0.3 is 9.84 Å². The Morgan fingerprint density at radius 1 is 1.47 bits per heavy atom. The standard InChI is InChI=1S/C11H9N3O5/c1-6-4-10(13-12-6)19-7-2-3-8(11(15)16)9(5-7)14(17)18/h2-5H,1H3,(H,12,13)(H,15,16). The largest absolute Gasteiger partial charge is 0.477 e. The van der Waals surface area contributed by atoms with Crippen molar-refractivity contribution in [1.82, 2.24) is 10.2 Å². The molecule has 8 nitrogen and oxygen atoms in total. The van der Waals surface area contributed by atoms with Crippen molar-refractivity contribution in [3.05, 3.63) is 45.6 Å².